The highest BCUT2D eigenvalue weighted by atomic mass is 35.5. The molecule has 0 aliphatic rings. The summed E-state index contributed by atoms with van der Waals surface area (Å²) in [6.45, 7) is 0.654. The van der Waals surface area contributed by atoms with Crippen molar-refractivity contribution in [1.29, 1.82) is 0 Å². The Morgan fingerprint density at radius 1 is 1.35 bits per heavy atom. The molecule has 4 rings (SSSR count). The molecule has 0 unspecified atom stereocenters. The van der Waals surface area contributed by atoms with Gasteiger partial charge in [0.05, 0.1) is 23.5 Å². The fraction of sp³-hybridized carbons (Fsp3) is 0.0667. The van der Waals surface area contributed by atoms with Crippen molar-refractivity contribution < 1.29 is 4.39 Å². The molecule has 0 spiro atoms. The van der Waals surface area contributed by atoms with Crippen molar-refractivity contribution in [2.45, 2.75) is 6.54 Å². The molecule has 4 aromatic rings. The minimum atomic E-state index is -0.442. The van der Waals surface area contributed by atoms with Crippen LogP contribution < -0.4 is 5.32 Å². The number of benzene rings is 1. The zero-order chi connectivity index (χ0) is 15.8. The molecule has 0 saturated heterocycles. The smallest absolute Gasteiger partial charge is 0.214 e. The van der Waals surface area contributed by atoms with Crippen molar-refractivity contribution in [2.24, 2.45) is 0 Å². The molecule has 0 atom stereocenters. The van der Waals surface area contributed by atoms with Crippen LogP contribution in [0.5, 0.6) is 0 Å². The third-order valence-corrected chi connectivity index (χ3v) is 4.56. The quantitative estimate of drug-likeness (QED) is 0.582. The van der Waals surface area contributed by atoms with Crippen LogP contribution in [0.2, 0.25) is 5.02 Å². The van der Waals surface area contributed by atoms with Crippen LogP contribution in [0.25, 0.3) is 16.2 Å². The maximum atomic E-state index is 13.3. The Morgan fingerprint density at radius 3 is 3.04 bits per heavy atom. The molecule has 0 aliphatic carbocycles. The largest absolute Gasteiger partial charge is 0.364 e. The Bertz CT molecular complexity index is 960. The van der Waals surface area contributed by atoms with E-state index in [2.05, 4.69) is 20.4 Å². The van der Waals surface area contributed by atoms with Gasteiger partial charge in [-0.2, -0.15) is 0 Å². The lowest BCUT2D eigenvalue weighted by atomic mass is 10.2. The van der Waals surface area contributed by atoms with Gasteiger partial charge in [0.15, 0.2) is 0 Å². The molecule has 0 aliphatic heterocycles. The molecule has 5 nitrogen and oxygen atoms in total. The first kappa shape index (κ1) is 14.2. The molecular formula is C15H11ClFN5S. The van der Waals surface area contributed by atoms with Crippen LogP contribution >= 0.6 is 22.9 Å². The number of H-pyrrole nitrogens is 1. The van der Waals surface area contributed by atoms with E-state index >= 15 is 0 Å². The highest BCUT2D eigenvalue weighted by molar-refractivity contribution is 7.20. The van der Waals surface area contributed by atoms with E-state index in [9.17, 15) is 4.39 Å². The molecule has 3 aromatic heterocycles. The van der Waals surface area contributed by atoms with E-state index in [1.165, 1.54) is 17.4 Å². The predicted molar refractivity (Wildman–Crippen MR) is 89.4 cm³/mol. The van der Waals surface area contributed by atoms with Gasteiger partial charge in [-0.15, -0.1) is 5.10 Å². The number of imidazole rings is 1. The van der Waals surface area contributed by atoms with Crippen molar-refractivity contribution in [3.8, 4) is 11.3 Å². The van der Waals surface area contributed by atoms with Gasteiger partial charge >= 0.3 is 0 Å². The summed E-state index contributed by atoms with van der Waals surface area (Å²) < 4.78 is 15.0. The van der Waals surface area contributed by atoms with Crippen molar-refractivity contribution in [2.75, 3.05) is 5.32 Å². The van der Waals surface area contributed by atoms with Crippen molar-refractivity contribution >= 4 is 33.0 Å². The lowest BCUT2D eigenvalue weighted by Gasteiger charge is -2.01. The number of aromatic amines is 1. The van der Waals surface area contributed by atoms with Crippen LogP contribution in [0, 0.1) is 5.82 Å². The molecule has 0 amide bonds. The van der Waals surface area contributed by atoms with E-state index in [0.717, 1.165) is 27.0 Å². The fourth-order valence-corrected chi connectivity index (χ4v) is 3.22. The number of nitrogens with one attached hydrogen (secondary N) is 2. The Balaban J connectivity index is 1.64. The number of hydrogen-bond donors (Lipinski definition) is 2. The Morgan fingerprint density at radius 2 is 2.26 bits per heavy atom. The van der Waals surface area contributed by atoms with E-state index in [-0.39, 0.29) is 5.02 Å². The van der Waals surface area contributed by atoms with Crippen LogP contribution in [0.1, 0.15) is 5.69 Å². The molecule has 2 N–H and O–H groups in total. The maximum absolute atomic E-state index is 13.3. The first-order chi connectivity index (χ1) is 11.2. The number of anilines is 1. The topological polar surface area (TPSA) is 58.0 Å². The van der Waals surface area contributed by atoms with Crippen molar-refractivity contribution in [3.63, 3.8) is 0 Å². The van der Waals surface area contributed by atoms with Gasteiger partial charge in [-0.05, 0) is 30.3 Å². The summed E-state index contributed by atoms with van der Waals surface area (Å²) in [4.78, 5) is 8.23. The molecule has 116 valence electrons. The van der Waals surface area contributed by atoms with E-state index in [1.807, 2.05) is 18.3 Å². The summed E-state index contributed by atoms with van der Waals surface area (Å²) in [7, 11) is 0. The summed E-state index contributed by atoms with van der Waals surface area (Å²) in [5, 5.41) is 8.61. The van der Waals surface area contributed by atoms with Crippen LogP contribution in [0.3, 0.4) is 0 Å². The van der Waals surface area contributed by atoms with Gasteiger partial charge in [0.1, 0.15) is 5.82 Å². The normalized spacial score (nSPS) is 11.2. The summed E-state index contributed by atoms with van der Waals surface area (Å²) in [5.74, 6) is -0.442. The number of rotatable bonds is 4. The first-order valence-electron chi connectivity index (χ1n) is 6.87. The van der Waals surface area contributed by atoms with Crippen LogP contribution in [-0.4, -0.2) is 19.6 Å². The fourth-order valence-electron chi connectivity index (χ4n) is 2.26. The number of hydrogen-bond acceptors (Lipinski definition) is 4. The van der Waals surface area contributed by atoms with Gasteiger partial charge in [-0.25, -0.2) is 13.9 Å². The minimum Gasteiger partial charge on any atom is -0.364 e. The molecule has 0 saturated carbocycles. The molecule has 0 radical (unpaired) electrons. The standard InChI is InChI=1S/C15H11ClFN5S/c16-11-6-9(3-4-12(11)17)13-8-20-15-22(13)21-14(23-15)19-7-10-2-1-5-18-10/h1-6,8,18H,7H2,(H,19,21). The average molecular weight is 348 g/mol. The monoisotopic (exact) mass is 347 g/mol. The van der Waals surface area contributed by atoms with E-state index < -0.39 is 5.82 Å². The van der Waals surface area contributed by atoms with Gasteiger partial charge in [0, 0.05) is 17.5 Å². The first-order valence-corrected chi connectivity index (χ1v) is 8.06. The maximum Gasteiger partial charge on any atom is 0.214 e. The molecule has 1 aromatic carbocycles. The number of nitrogens with zero attached hydrogens (tertiary/aromatic N) is 3. The summed E-state index contributed by atoms with van der Waals surface area (Å²) >= 11 is 7.31. The Kier molecular flexibility index (Phi) is 3.51. The molecule has 0 fully saturated rings. The van der Waals surface area contributed by atoms with Gasteiger partial charge < -0.3 is 10.3 Å². The highest BCUT2D eigenvalue weighted by Crippen LogP contribution is 2.28. The minimum absolute atomic E-state index is 0.0813. The number of halogens is 2. The van der Waals surface area contributed by atoms with Gasteiger partial charge in [0.2, 0.25) is 10.1 Å². The van der Waals surface area contributed by atoms with E-state index in [1.54, 1.807) is 22.8 Å². The zero-order valence-corrected chi connectivity index (χ0v) is 13.3. The van der Waals surface area contributed by atoms with E-state index in [0.29, 0.717) is 6.54 Å². The number of aromatic nitrogens is 4. The van der Waals surface area contributed by atoms with Gasteiger partial charge in [-0.1, -0.05) is 22.9 Å². The van der Waals surface area contributed by atoms with Crippen molar-refractivity contribution in [1.82, 2.24) is 19.6 Å². The molecule has 8 heteroatoms. The lowest BCUT2D eigenvalue weighted by molar-refractivity contribution is 0.628. The zero-order valence-electron chi connectivity index (χ0n) is 11.8. The predicted octanol–water partition coefficient (Wildman–Crippen LogP) is 4.19. The van der Waals surface area contributed by atoms with Crippen LogP contribution in [-0.2, 0) is 6.54 Å². The second-order valence-corrected chi connectivity index (χ2v) is 6.29. The third-order valence-electron chi connectivity index (χ3n) is 3.39. The van der Waals surface area contributed by atoms with Gasteiger partial charge in [0.25, 0.3) is 0 Å². The molecule has 0 bridgehead atoms. The number of fused-ring (bicyclic) bond motifs is 1. The van der Waals surface area contributed by atoms with Crippen LogP contribution in [0.4, 0.5) is 9.52 Å². The third kappa shape index (κ3) is 2.69. The lowest BCUT2D eigenvalue weighted by Crippen LogP contribution is -2.00. The van der Waals surface area contributed by atoms with Gasteiger partial charge in [-0.3, -0.25) is 0 Å². The Hall–Kier alpha value is -2.38. The summed E-state index contributed by atoms with van der Waals surface area (Å²) in [5.41, 5.74) is 2.61. The average Bonchev–Trinajstić information content (AvgIpc) is 3.24. The SMILES string of the molecule is Fc1ccc(-c2cnc3sc(NCc4ccc[nH]4)nn23)cc1Cl. The second-order valence-electron chi connectivity index (χ2n) is 4.92. The summed E-state index contributed by atoms with van der Waals surface area (Å²) in [6.07, 6.45) is 3.58. The summed E-state index contributed by atoms with van der Waals surface area (Å²) in [6, 6.07) is 8.52. The molecule has 3 heterocycles. The Labute approximate surface area is 139 Å². The molecular weight excluding hydrogens is 337 g/mol. The highest BCUT2D eigenvalue weighted by Gasteiger charge is 2.13. The second kappa shape index (κ2) is 5.68. The van der Waals surface area contributed by atoms with Crippen LogP contribution in [0.15, 0.2) is 42.7 Å². The van der Waals surface area contributed by atoms with E-state index in [4.69, 9.17) is 11.6 Å². The molecule has 23 heavy (non-hydrogen) atoms. The van der Waals surface area contributed by atoms with Crippen molar-refractivity contribution in [3.05, 3.63) is 59.3 Å².